The van der Waals surface area contributed by atoms with Gasteiger partial charge in [-0.2, -0.15) is 5.26 Å². The molecule has 29 heavy (non-hydrogen) atoms. The molecule has 3 rings (SSSR count). The van der Waals surface area contributed by atoms with Crippen LogP contribution in [0, 0.1) is 11.3 Å². The van der Waals surface area contributed by atoms with Gasteiger partial charge in [-0.3, -0.25) is 4.79 Å². The van der Waals surface area contributed by atoms with Gasteiger partial charge >= 0.3 is 0 Å². The number of nitrogens with one attached hydrogen (secondary N) is 2. The molecule has 1 amide bonds. The number of anilines is 2. The number of nitriles is 1. The number of carbonyl (C=O) groups excluding carboxylic acids is 1. The second-order valence-corrected chi connectivity index (χ2v) is 6.36. The van der Waals surface area contributed by atoms with Crippen molar-refractivity contribution in [3.8, 4) is 6.07 Å². The van der Waals surface area contributed by atoms with E-state index in [0.717, 1.165) is 16.8 Å². The Morgan fingerprint density at radius 1 is 1.10 bits per heavy atom. The SMILES string of the molecule is CCOCc1cccc(NC(=O)c2cccc(CNc3ncccc3C#N)c2)c1. The first-order valence-electron chi connectivity index (χ1n) is 9.35. The number of hydrogen-bond acceptors (Lipinski definition) is 5. The predicted octanol–water partition coefficient (Wildman–Crippen LogP) is 4.35. The summed E-state index contributed by atoms with van der Waals surface area (Å²) >= 11 is 0. The molecule has 0 saturated carbocycles. The molecular weight excluding hydrogens is 364 g/mol. The van der Waals surface area contributed by atoms with Gasteiger partial charge in [0.2, 0.25) is 0 Å². The number of nitrogens with zero attached hydrogens (tertiary/aromatic N) is 2. The van der Waals surface area contributed by atoms with Crippen molar-refractivity contribution in [1.82, 2.24) is 4.98 Å². The molecule has 0 unspecified atom stereocenters. The van der Waals surface area contributed by atoms with Gasteiger partial charge in [0.25, 0.3) is 5.91 Å². The molecule has 0 radical (unpaired) electrons. The number of carbonyl (C=O) groups is 1. The monoisotopic (exact) mass is 386 g/mol. The molecule has 3 aromatic rings. The molecule has 0 bridgehead atoms. The largest absolute Gasteiger partial charge is 0.377 e. The minimum atomic E-state index is -0.184. The summed E-state index contributed by atoms with van der Waals surface area (Å²) in [5.74, 6) is 0.340. The van der Waals surface area contributed by atoms with Gasteiger partial charge in [-0.25, -0.2) is 4.98 Å². The van der Waals surface area contributed by atoms with Crippen LogP contribution in [0.5, 0.6) is 0 Å². The van der Waals surface area contributed by atoms with Crippen LogP contribution in [0.2, 0.25) is 0 Å². The van der Waals surface area contributed by atoms with Gasteiger partial charge in [0, 0.05) is 30.6 Å². The van der Waals surface area contributed by atoms with Gasteiger partial charge in [0.1, 0.15) is 11.9 Å². The number of ether oxygens (including phenoxy) is 1. The van der Waals surface area contributed by atoms with Gasteiger partial charge in [-0.05, 0) is 54.4 Å². The summed E-state index contributed by atoms with van der Waals surface area (Å²) in [6.07, 6.45) is 1.63. The standard InChI is InChI=1S/C23H22N4O2/c1-2-29-16-18-7-4-10-21(13-18)27-23(28)19-8-3-6-17(12-19)15-26-22-20(14-24)9-5-11-25-22/h3-13H,2,15-16H2,1H3,(H,25,26)(H,27,28). The number of pyridine rings is 1. The van der Waals surface area contributed by atoms with Crippen molar-refractivity contribution < 1.29 is 9.53 Å². The third-order valence-electron chi connectivity index (χ3n) is 4.23. The highest BCUT2D eigenvalue weighted by Gasteiger charge is 2.08. The van der Waals surface area contributed by atoms with E-state index in [1.807, 2.05) is 49.4 Å². The Kier molecular flexibility index (Phi) is 6.93. The Hall–Kier alpha value is -3.69. The van der Waals surface area contributed by atoms with Crippen LogP contribution >= 0.6 is 0 Å². The van der Waals surface area contributed by atoms with E-state index in [1.165, 1.54) is 0 Å². The number of benzene rings is 2. The maximum Gasteiger partial charge on any atom is 0.255 e. The second kappa shape index (κ2) is 10.0. The molecule has 0 aliphatic rings. The van der Waals surface area contributed by atoms with Crippen molar-refractivity contribution in [2.75, 3.05) is 17.2 Å². The van der Waals surface area contributed by atoms with E-state index >= 15 is 0 Å². The number of aromatic nitrogens is 1. The molecule has 6 heteroatoms. The lowest BCUT2D eigenvalue weighted by Crippen LogP contribution is -2.13. The molecule has 2 aromatic carbocycles. The van der Waals surface area contributed by atoms with Gasteiger partial charge < -0.3 is 15.4 Å². The van der Waals surface area contributed by atoms with Crippen LogP contribution in [0.25, 0.3) is 0 Å². The fraction of sp³-hybridized carbons (Fsp3) is 0.174. The maximum atomic E-state index is 12.6. The molecular formula is C23H22N4O2. The Morgan fingerprint density at radius 3 is 2.76 bits per heavy atom. The first-order chi connectivity index (χ1) is 14.2. The van der Waals surface area contributed by atoms with Crippen molar-refractivity contribution in [1.29, 1.82) is 5.26 Å². The predicted molar refractivity (Wildman–Crippen MR) is 112 cm³/mol. The average Bonchev–Trinajstić information content (AvgIpc) is 2.77. The van der Waals surface area contributed by atoms with Crippen LogP contribution < -0.4 is 10.6 Å². The zero-order chi connectivity index (χ0) is 20.5. The van der Waals surface area contributed by atoms with E-state index < -0.39 is 0 Å². The average molecular weight is 386 g/mol. The lowest BCUT2D eigenvalue weighted by molar-refractivity contribution is 0.102. The first kappa shape index (κ1) is 20.1. The van der Waals surface area contributed by atoms with E-state index in [0.29, 0.717) is 36.7 Å². The summed E-state index contributed by atoms with van der Waals surface area (Å²) in [6, 6.07) is 20.5. The van der Waals surface area contributed by atoms with E-state index in [4.69, 9.17) is 10.00 Å². The van der Waals surface area contributed by atoms with Crippen LogP contribution in [-0.4, -0.2) is 17.5 Å². The van der Waals surface area contributed by atoms with Crippen LogP contribution in [-0.2, 0) is 17.9 Å². The molecule has 0 saturated heterocycles. The zero-order valence-electron chi connectivity index (χ0n) is 16.2. The fourth-order valence-corrected chi connectivity index (χ4v) is 2.81. The molecule has 2 N–H and O–H groups in total. The van der Waals surface area contributed by atoms with Crippen LogP contribution in [0.1, 0.15) is 34.0 Å². The summed E-state index contributed by atoms with van der Waals surface area (Å²) in [5, 5.41) is 15.2. The lowest BCUT2D eigenvalue weighted by atomic mass is 10.1. The minimum Gasteiger partial charge on any atom is -0.377 e. The highest BCUT2D eigenvalue weighted by atomic mass is 16.5. The van der Waals surface area contributed by atoms with E-state index in [1.54, 1.807) is 24.4 Å². The molecule has 146 valence electrons. The van der Waals surface area contributed by atoms with Crippen molar-refractivity contribution in [3.05, 3.63) is 89.1 Å². The number of hydrogen-bond donors (Lipinski definition) is 2. The Balaban J connectivity index is 1.66. The Labute approximate surface area is 170 Å². The molecule has 0 spiro atoms. The summed E-state index contributed by atoms with van der Waals surface area (Å²) in [7, 11) is 0. The number of rotatable bonds is 8. The molecule has 0 atom stereocenters. The van der Waals surface area contributed by atoms with Crippen LogP contribution in [0.15, 0.2) is 66.9 Å². The Bertz CT molecular complexity index is 1030. The van der Waals surface area contributed by atoms with Crippen LogP contribution in [0.4, 0.5) is 11.5 Å². The van der Waals surface area contributed by atoms with Crippen molar-refractivity contribution in [2.24, 2.45) is 0 Å². The van der Waals surface area contributed by atoms with Crippen LogP contribution in [0.3, 0.4) is 0 Å². The summed E-state index contributed by atoms with van der Waals surface area (Å²) in [5.41, 5.74) is 3.68. The zero-order valence-corrected chi connectivity index (χ0v) is 16.2. The molecule has 0 aliphatic carbocycles. The van der Waals surface area contributed by atoms with Gasteiger partial charge in [0.05, 0.1) is 12.2 Å². The fourth-order valence-electron chi connectivity index (χ4n) is 2.81. The van der Waals surface area contributed by atoms with Crippen molar-refractivity contribution in [3.63, 3.8) is 0 Å². The number of amides is 1. The van der Waals surface area contributed by atoms with E-state index in [9.17, 15) is 4.79 Å². The molecule has 0 aliphatic heterocycles. The normalized spacial score (nSPS) is 10.2. The van der Waals surface area contributed by atoms with Gasteiger partial charge in [0.15, 0.2) is 0 Å². The van der Waals surface area contributed by atoms with Crippen molar-refractivity contribution in [2.45, 2.75) is 20.1 Å². The van der Waals surface area contributed by atoms with E-state index in [-0.39, 0.29) is 5.91 Å². The van der Waals surface area contributed by atoms with Crippen molar-refractivity contribution >= 4 is 17.4 Å². The molecule has 0 fully saturated rings. The summed E-state index contributed by atoms with van der Waals surface area (Å²) in [4.78, 5) is 16.8. The smallest absolute Gasteiger partial charge is 0.255 e. The summed E-state index contributed by atoms with van der Waals surface area (Å²) in [6.45, 7) is 3.56. The Morgan fingerprint density at radius 2 is 1.93 bits per heavy atom. The third-order valence-corrected chi connectivity index (χ3v) is 4.23. The van der Waals surface area contributed by atoms with Gasteiger partial charge in [-0.1, -0.05) is 24.3 Å². The lowest BCUT2D eigenvalue weighted by Gasteiger charge is -2.10. The maximum absolute atomic E-state index is 12.6. The quantitative estimate of drug-likeness (QED) is 0.601. The summed E-state index contributed by atoms with van der Waals surface area (Å²) < 4.78 is 5.41. The highest BCUT2D eigenvalue weighted by Crippen LogP contribution is 2.15. The first-order valence-corrected chi connectivity index (χ1v) is 9.35. The van der Waals surface area contributed by atoms with E-state index in [2.05, 4.69) is 21.7 Å². The third kappa shape index (κ3) is 5.64. The van der Waals surface area contributed by atoms with Gasteiger partial charge in [-0.15, -0.1) is 0 Å². The second-order valence-electron chi connectivity index (χ2n) is 6.36. The topological polar surface area (TPSA) is 87.0 Å². The molecule has 6 nitrogen and oxygen atoms in total. The highest BCUT2D eigenvalue weighted by molar-refractivity contribution is 6.04. The molecule has 1 aromatic heterocycles. The minimum absolute atomic E-state index is 0.184. The molecule has 1 heterocycles.